The van der Waals surface area contributed by atoms with E-state index in [1.165, 1.54) is 6.92 Å². The van der Waals surface area contributed by atoms with Gasteiger partial charge < -0.3 is 14.7 Å². The summed E-state index contributed by atoms with van der Waals surface area (Å²) in [6, 6.07) is 5.62. The molecule has 26 heavy (non-hydrogen) atoms. The first-order valence-electron chi connectivity index (χ1n) is 7.94. The number of nitrogens with zero attached hydrogens (tertiary/aromatic N) is 2. The van der Waals surface area contributed by atoms with E-state index in [2.05, 4.69) is 9.89 Å². The van der Waals surface area contributed by atoms with Gasteiger partial charge >= 0.3 is 5.97 Å². The van der Waals surface area contributed by atoms with Crippen LogP contribution in [0.15, 0.2) is 41.1 Å². The molecule has 0 aromatic heterocycles. The van der Waals surface area contributed by atoms with E-state index in [1.54, 1.807) is 24.3 Å². The molecule has 0 unspecified atom stereocenters. The van der Waals surface area contributed by atoms with Gasteiger partial charge in [-0.25, -0.2) is 9.86 Å². The summed E-state index contributed by atoms with van der Waals surface area (Å²) in [7, 11) is 1.15. The molecule has 0 aliphatic heterocycles. The van der Waals surface area contributed by atoms with Crippen LogP contribution in [0.25, 0.3) is 0 Å². The molecular weight excluding hydrogens is 340 g/mol. The van der Waals surface area contributed by atoms with E-state index in [-0.39, 0.29) is 17.2 Å². The lowest BCUT2D eigenvalue weighted by Gasteiger charge is -2.23. The number of carbonyl (C=O) groups excluding carboxylic acids is 2. The summed E-state index contributed by atoms with van der Waals surface area (Å²) in [5.74, 6) is -1.14. The molecule has 0 spiro atoms. The molecule has 0 saturated heterocycles. The van der Waals surface area contributed by atoms with Gasteiger partial charge in [-0.15, -0.1) is 0 Å². The third-order valence-corrected chi connectivity index (χ3v) is 3.53. The van der Waals surface area contributed by atoms with Crippen molar-refractivity contribution >= 4 is 17.6 Å². The minimum absolute atomic E-state index is 0.0157. The van der Waals surface area contributed by atoms with Crippen LogP contribution in [-0.2, 0) is 20.7 Å². The molecule has 1 rings (SSSR count). The highest BCUT2D eigenvalue weighted by Gasteiger charge is 2.31. The molecule has 0 heterocycles. The van der Waals surface area contributed by atoms with Crippen molar-refractivity contribution in [3.63, 3.8) is 0 Å². The highest BCUT2D eigenvalue weighted by Crippen LogP contribution is 2.16. The van der Waals surface area contributed by atoms with E-state index in [9.17, 15) is 14.8 Å². The molecule has 1 aromatic carbocycles. The minimum Gasteiger partial charge on any atom is -0.490 e. The largest absolute Gasteiger partial charge is 0.490 e. The van der Waals surface area contributed by atoms with Crippen LogP contribution in [0.5, 0.6) is 5.75 Å². The van der Waals surface area contributed by atoms with E-state index in [0.29, 0.717) is 17.9 Å². The van der Waals surface area contributed by atoms with Crippen LogP contribution in [0.1, 0.15) is 26.3 Å². The Morgan fingerprint density at radius 2 is 1.85 bits per heavy atom. The monoisotopic (exact) mass is 364 g/mol. The van der Waals surface area contributed by atoms with Crippen molar-refractivity contribution in [2.75, 3.05) is 13.7 Å². The molecule has 0 saturated carbocycles. The maximum Gasteiger partial charge on any atom is 0.331 e. The lowest BCUT2D eigenvalue weighted by Crippen LogP contribution is -2.47. The molecule has 8 nitrogen and oxygen atoms in total. The van der Waals surface area contributed by atoms with Gasteiger partial charge in [-0.1, -0.05) is 22.9 Å². The Kier molecular flexibility index (Phi) is 8.30. The van der Waals surface area contributed by atoms with Crippen LogP contribution in [0.2, 0.25) is 0 Å². The number of carbonyl (C=O) groups is 2. The van der Waals surface area contributed by atoms with Crippen LogP contribution in [0.3, 0.4) is 0 Å². The van der Waals surface area contributed by atoms with Gasteiger partial charge in [-0.05, 0) is 44.5 Å². The Hall–Kier alpha value is -2.87. The minimum atomic E-state index is -1.28. The van der Waals surface area contributed by atoms with Crippen molar-refractivity contribution in [3.05, 3.63) is 41.5 Å². The van der Waals surface area contributed by atoms with E-state index in [0.717, 1.165) is 12.7 Å². The van der Waals surface area contributed by atoms with Crippen molar-refractivity contribution in [1.82, 2.24) is 5.06 Å². The fraction of sp³-hybridized carbons (Fsp3) is 0.389. The molecule has 2 N–H and O–H groups in total. The lowest BCUT2D eigenvalue weighted by molar-refractivity contribution is -0.181. The van der Waals surface area contributed by atoms with Crippen molar-refractivity contribution < 1.29 is 29.5 Å². The molecule has 0 bridgehead atoms. The molecule has 142 valence electrons. The Morgan fingerprint density at radius 3 is 2.35 bits per heavy atom. The predicted octanol–water partition coefficient (Wildman–Crippen LogP) is 2.18. The summed E-state index contributed by atoms with van der Waals surface area (Å²) in [6.07, 6.45) is 1.96. The highest BCUT2D eigenvalue weighted by molar-refractivity contribution is 6.37. The first-order chi connectivity index (χ1) is 12.3. The number of rotatable bonds is 8. The summed E-state index contributed by atoms with van der Waals surface area (Å²) in [6.45, 7) is 5.61. The average Bonchev–Trinajstić information content (AvgIpc) is 2.64. The van der Waals surface area contributed by atoms with E-state index >= 15 is 0 Å². The molecular formula is C18H24N2O6. The number of benzene rings is 1. The number of ether oxygens (including phenoxy) is 2. The number of methoxy groups -OCH3 is 1. The zero-order chi connectivity index (χ0) is 19.7. The molecule has 0 aliphatic rings. The van der Waals surface area contributed by atoms with Crippen LogP contribution < -0.4 is 4.74 Å². The summed E-state index contributed by atoms with van der Waals surface area (Å²) in [5.41, 5.74) is 1.47. The number of amides is 1. The second-order valence-corrected chi connectivity index (χ2v) is 5.81. The second-order valence-electron chi connectivity index (χ2n) is 5.81. The van der Waals surface area contributed by atoms with Gasteiger partial charge in [0.1, 0.15) is 18.1 Å². The molecule has 0 fully saturated rings. The fourth-order valence-corrected chi connectivity index (χ4v) is 2.01. The maximum atomic E-state index is 11.9. The quantitative estimate of drug-likeness (QED) is 0.183. The summed E-state index contributed by atoms with van der Waals surface area (Å²) < 4.78 is 10.2. The van der Waals surface area contributed by atoms with Crippen LogP contribution in [0, 0.1) is 0 Å². The Balaban J connectivity index is 2.87. The van der Waals surface area contributed by atoms with E-state index in [1.807, 2.05) is 19.9 Å². The van der Waals surface area contributed by atoms with Gasteiger partial charge in [0.25, 0.3) is 5.91 Å². The molecule has 1 aromatic rings. The van der Waals surface area contributed by atoms with Gasteiger partial charge in [0, 0.05) is 6.42 Å². The normalized spacial score (nSPS) is 12.1. The molecule has 0 aliphatic carbocycles. The van der Waals surface area contributed by atoms with Crippen LogP contribution in [-0.4, -0.2) is 52.8 Å². The second kappa shape index (κ2) is 10.2. The Bertz CT molecular complexity index is 677. The van der Waals surface area contributed by atoms with Crippen molar-refractivity contribution in [1.29, 1.82) is 0 Å². The zero-order valence-electron chi connectivity index (χ0n) is 15.3. The SMILES string of the molecule is COC(=O)[C@H](Cc1ccc(OCC=C(C)C)cc1)N(O)C(=O)/C(C)=N/O. The number of esters is 1. The molecule has 0 radical (unpaired) electrons. The summed E-state index contributed by atoms with van der Waals surface area (Å²) in [5, 5.41) is 21.6. The predicted molar refractivity (Wildman–Crippen MR) is 94.4 cm³/mol. The van der Waals surface area contributed by atoms with E-state index < -0.39 is 17.9 Å². The summed E-state index contributed by atoms with van der Waals surface area (Å²) >= 11 is 0. The number of allylic oxidation sites excluding steroid dienone is 1. The Labute approximate surface area is 152 Å². The van der Waals surface area contributed by atoms with Crippen molar-refractivity contribution in [2.24, 2.45) is 5.16 Å². The molecule has 1 atom stereocenters. The molecule has 8 heteroatoms. The number of hydrogen-bond donors (Lipinski definition) is 2. The smallest absolute Gasteiger partial charge is 0.331 e. The van der Waals surface area contributed by atoms with Crippen LogP contribution in [0.4, 0.5) is 0 Å². The standard InChI is InChI=1S/C18H24N2O6/c1-12(2)9-10-26-15-7-5-14(6-8-15)11-16(18(22)25-4)20(24)17(21)13(3)19-23/h5-9,16,23-24H,10-11H2,1-4H3/b19-13+/t16-/m0/s1. The number of oxime groups is 1. The van der Waals surface area contributed by atoms with Gasteiger partial charge in [-0.3, -0.25) is 10.0 Å². The summed E-state index contributed by atoms with van der Waals surface area (Å²) in [4.78, 5) is 23.8. The number of hydrogen-bond acceptors (Lipinski definition) is 7. The first kappa shape index (κ1) is 21.2. The van der Waals surface area contributed by atoms with E-state index in [4.69, 9.17) is 9.94 Å². The Morgan fingerprint density at radius 1 is 1.23 bits per heavy atom. The van der Waals surface area contributed by atoms with Crippen LogP contribution >= 0.6 is 0 Å². The molecule has 1 amide bonds. The third-order valence-electron chi connectivity index (χ3n) is 3.53. The van der Waals surface area contributed by atoms with Gasteiger partial charge in [0.15, 0.2) is 6.04 Å². The topological polar surface area (TPSA) is 109 Å². The number of hydroxylamine groups is 2. The lowest BCUT2D eigenvalue weighted by atomic mass is 10.1. The fourth-order valence-electron chi connectivity index (χ4n) is 2.01. The zero-order valence-corrected chi connectivity index (χ0v) is 15.3. The third kappa shape index (κ3) is 6.21. The van der Waals surface area contributed by atoms with Gasteiger partial charge in [0.2, 0.25) is 0 Å². The first-order valence-corrected chi connectivity index (χ1v) is 7.94. The average molecular weight is 364 g/mol. The van der Waals surface area contributed by atoms with Gasteiger partial charge in [-0.2, -0.15) is 0 Å². The highest BCUT2D eigenvalue weighted by atomic mass is 16.5. The van der Waals surface area contributed by atoms with Crippen molar-refractivity contribution in [2.45, 2.75) is 33.2 Å². The van der Waals surface area contributed by atoms with Gasteiger partial charge in [0.05, 0.1) is 7.11 Å². The maximum absolute atomic E-state index is 11.9. The van der Waals surface area contributed by atoms with Crippen molar-refractivity contribution in [3.8, 4) is 5.75 Å².